The normalized spacial score (nSPS) is 14.4. The van der Waals surface area contributed by atoms with E-state index in [-0.39, 0.29) is 11.6 Å². The molecule has 1 aromatic heterocycles. The van der Waals surface area contributed by atoms with Crippen molar-refractivity contribution in [2.75, 3.05) is 6.61 Å². The van der Waals surface area contributed by atoms with Gasteiger partial charge in [-0.2, -0.15) is 5.10 Å². The molecule has 6 heteroatoms. The van der Waals surface area contributed by atoms with Crippen LogP contribution in [0, 0.1) is 5.41 Å². The molecule has 0 amide bonds. The maximum absolute atomic E-state index is 10.2. The number of nitrogens with zero attached hydrogens (tertiary/aromatic N) is 2. The highest BCUT2D eigenvalue weighted by molar-refractivity contribution is 6.59. The summed E-state index contributed by atoms with van der Waals surface area (Å²) in [7, 11) is -0.994. The molecule has 0 aliphatic rings. The van der Waals surface area contributed by atoms with Crippen LogP contribution >= 0.6 is 0 Å². The molecule has 0 aliphatic carbocycles. The molecule has 0 radical (unpaired) electrons. The predicted octanol–water partition coefficient (Wildman–Crippen LogP) is 1.97. The van der Waals surface area contributed by atoms with Gasteiger partial charge in [0.2, 0.25) is 0 Å². The van der Waals surface area contributed by atoms with Crippen molar-refractivity contribution in [3.63, 3.8) is 0 Å². The van der Waals surface area contributed by atoms with Crippen molar-refractivity contribution in [3.8, 4) is 0 Å². The van der Waals surface area contributed by atoms with Crippen molar-refractivity contribution in [1.82, 2.24) is 9.78 Å². The Morgan fingerprint density at radius 2 is 1.95 bits per heavy atom. The van der Waals surface area contributed by atoms with Gasteiger partial charge in [0.15, 0.2) is 0 Å². The fraction of sp³-hybridized carbons (Fsp3) is 0.786. The van der Waals surface area contributed by atoms with Crippen LogP contribution in [0.1, 0.15) is 54.7 Å². The van der Waals surface area contributed by atoms with E-state index < -0.39 is 12.7 Å². The SMILES string of the molecule is CCOC(C)n1cc(B(O)OC(C)(C)C(C)(C)C)cn1. The van der Waals surface area contributed by atoms with Gasteiger partial charge in [-0.3, -0.25) is 0 Å². The van der Waals surface area contributed by atoms with Gasteiger partial charge < -0.3 is 14.4 Å². The van der Waals surface area contributed by atoms with Crippen LogP contribution in [-0.4, -0.2) is 34.1 Å². The van der Waals surface area contributed by atoms with Crippen molar-refractivity contribution in [3.05, 3.63) is 12.4 Å². The van der Waals surface area contributed by atoms with Gasteiger partial charge >= 0.3 is 7.12 Å². The van der Waals surface area contributed by atoms with Crippen molar-refractivity contribution >= 4 is 12.6 Å². The van der Waals surface area contributed by atoms with E-state index in [0.29, 0.717) is 12.1 Å². The number of ether oxygens (including phenoxy) is 1. The molecule has 0 aromatic carbocycles. The summed E-state index contributed by atoms with van der Waals surface area (Å²) in [6.07, 6.45) is 3.21. The van der Waals surface area contributed by atoms with Gasteiger partial charge in [0.25, 0.3) is 0 Å². The molecule has 0 aliphatic heterocycles. The molecule has 0 spiro atoms. The third kappa shape index (κ3) is 4.07. The first kappa shape index (κ1) is 17.2. The zero-order chi connectivity index (χ0) is 15.6. The van der Waals surface area contributed by atoms with Gasteiger partial charge in [0.1, 0.15) is 6.23 Å². The Bertz CT molecular complexity index is 426. The van der Waals surface area contributed by atoms with E-state index in [1.54, 1.807) is 17.1 Å². The first-order valence-electron chi connectivity index (χ1n) is 7.10. The molecule has 0 saturated carbocycles. The number of rotatable bonds is 6. The Morgan fingerprint density at radius 1 is 1.35 bits per heavy atom. The van der Waals surface area contributed by atoms with Crippen LogP contribution in [-0.2, 0) is 9.39 Å². The molecule has 0 bridgehead atoms. The average molecular weight is 282 g/mol. The molecule has 5 nitrogen and oxygen atoms in total. The lowest BCUT2D eigenvalue weighted by molar-refractivity contribution is -0.0129. The molecule has 0 saturated heterocycles. The van der Waals surface area contributed by atoms with Gasteiger partial charge in [-0.05, 0) is 33.1 Å². The summed E-state index contributed by atoms with van der Waals surface area (Å²) in [4.78, 5) is 0. The van der Waals surface area contributed by atoms with E-state index >= 15 is 0 Å². The van der Waals surface area contributed by atoms with E-state index in [2.05, 4.69) is 25.9 Å². The van der Waals surface area contributed by atoms with Crippen molar-refractivity contribution in [2.24, 2.45) is 5.41 Å². The summed E-state index contributed by atoms with van der Waals surface area (Å²) in [5.74, 6) is 0. The lowest BCUT2D eigenvalue weighted by Crippen LogP contribution is -2.48. The highest BCUT2D eigenvalue weighted by Crippen LogP contribution is 2.33. The van der Waals surface area contributed by atoms with Crippen LogP contribution in [0.5, 0.6) is 0 Å². The maximum Gasteiger partial charge on any atom is 0.494 e. The maximum atomic E-state index is 10.2. The molecule has 20 heavy (non-hydrogen) atoms. The van der Waals surface area contributed by atoms with E-state index in [1.807, 2.05) is 27.7 Å². The summed E-state index contributed by atoms with van der Waals surface area (Å²) < 4.78 is 12.9. The Hall–Kier alpha value is -0.845. The van der Waals surface area contributed by atoms with Crippen LogP contribution in [0.2, 0.25) is 0 Å². The molecule has 1 unspecified atom stereocenters. The lowest BCUT2D eigenvalue weighted by Gasteiger charge is -2.39. The van der Waals surface area contributed by atoms with Crippen LogP contribution in [0.15, 0.2) is 12.4 Å². The highest BCUT2D eigenvalue weighted by atomic mass is 16.5. The Morgan fingerprint density at radius 3 is 2.45 bits per heavy atom. The predicted molar refractivity (Wildman–Crippen MR) is 80.8 cm³/mol. The number of aromatic nitrogens is 2. The second-order valence-electron chi connectivity index (χ2n) is 6.54. The second kappa shape index (κ2) is 6.29. The minimum absolute atomic E-state index is 0.0808. The van der Waals surface area contributed by atoms with E-state index in [4.69, 9.17) is 9.39 Å². The minimum Gasteiger partial charge on any atom is -0.423 e. The minimum atomic E-state index is -0.994. The second-order valence-corrected chi connectivity index (χ2v) is 6.54. The standard InChI is InChI=1S/C14H27BN2O3/c1-8-19-11(2)17-10-12(9-16-17)15(18)20-14(6,7)13(3,4)5/h9-11,18H,8H2,1-7H3. The average Bonchev–Trinajstić information content (AvgIpc) is 2.76. The largest absolute Gasteiger partial charge is 0.494 e. The van der Waals surface area contributed by atoms with Gasteiger partial charge in [0, 0.05) is 24.5 Å². The molecule has 1 rings (SSSR count). The summed E-state index contributed by atoms with van der Waals surface area (Å²) >= 11 is 0. The Labute approximate surface area is 122 Å². The molecule has 114 valence electrons. The zero-order valence-corrected chi connectivity index (χ0v) is 13.7. The summed E-state index contributed by atoms with van der Waals surface area (Å²) in [5.41, 5.74) is 0.0942. The quantitative estimate of drug-likeness (QED) is 0.810. The molecule has 1 aromatic rings. The molecule has 0 fully saturated rings. The van der Waals surface area contributed by atoms with Crippen molar-refractivity contribution in [2.45, 2.75) is 60.3 Å². The van der Waals surface area contributed by atoms with Gasteiger partial charge in [-0.25, -0.2) is 4.68 Å². The summed E-state index contributed by atoms with van der Waals surface area (Å²) in [6.45, 7) is 14.7. The van der Waals surface area contributed by atoms with Crippen LogP contribution in [0.4, 0.5) is 0 Å². The Balaban J connectivity index is 2.76. The van der Waals surface area contributed by atoms with Crippen LogP contribution in [0.25, 0.3) is 0 Å². The highest BCUT2D eigenvalue weighted by Gasteiger charge is 2.38. The van der Waals surface area contributed by atoms with Gasteiger partial charge in [0.05, 0.1) is 5.60 Å². The molecular formula is C14H27BN2O3. The topological polar surface area (TPSA) is 56.5 Å². The van der Waals surface area contributed by atoms with E-state index in [0.717, 1.165) is 0 Å². The number of hydrogen-bond acceptors (Lipinski definition) is 4. The van der Waals surface area contributed by atoms with Crippen molar-refractivity contribution in [1.29, 1.82) is 0 Å². The smallest absolute Gasteiger partial charge is 0.423 e. The first-order valence-corrected chi connectivity index (χ1v) is 7.10. The molecule has 1 atom stereocenters. The summed E-state index contributed by atoms with van der Waals surface area (Å²) in [5, 5.41) is 14.4. The van der Waals surface area contributed by atoms with Crippen LogP contribution in [0.3, 0.4) is 0 Å². The third-order valence-electron chi connectivity index (χ3n) is 3.90. The molecular weight excluding hydrogens is 255 g/mol. The van der Waals surface area contributed by atoms with Gasteiger partial charge in [-0.15, -0.1) is 0 Å². The third-order valence-corrected chi connectivity index (χ3v) is 3.90. The summed E-state index contributed by atoms with van der Waals surface area (Å²) in [6, 6.07) is 0. The molecule has 1 N–H and O–H groups in total. The first-order chi connectivity index (χ1) is 9.08. The molecule has 1 heterocycles. The Kier molecular flexibility index (Phi) is 5.41. The van der Waals surface area contributed by atoms with E-state index in [1.165, 1.54) is 0 Å². The van der Waals surface area contributed by atoms with Crippen LogP contribution < -0.4 is 5.46 Å². The number of hydrogen-bond donors (Lipinski definition) is 1. The monoisotopic (exact) mass is 282 g/mol. The lowest BCUT2D eigenvalue weighted by atomic mass is 9.74. The van der Waals surface area contributed by atoms with E-state index in [9.17, 15) is 5.02 Å². The zero-order valence-electron chi connectivity index (χ0n) is 13.7. The fourth-order valence-electron chi connectivity index (χ4n) is 1.52. The fourth-order valence-corrected chi connectivity index (χ4v) is 1.52. The van der Waals surface area contributed by atoms with Crippen molar-refractivity contribution < 1.29 is 14.4 Å². The van der Waals surface area contributed by atoms with Gasteiger partial charge in [-0.1, -0.05) is 20.8 Å².